The standard InChI is InChI=1S/C20H18ClFN2O3S/c1-12-18(22)17(11-13-3-9-16(10-4-13)28(23,26)27)24(2)19(12)20(25)14-5-7-15(21)8-6-14/h3-10H,11H2,1-2H3,(H2,23,26,27). The summed E-state index contributed by atoms with van der Waals surface area (Å²) in [5.74, 6) is -0.762. The highest BCUT2D eigenvalue weighted by Crippen LogP contribution is 2.25. The Morgan fingerprint density at radius 1 is 1.11 bits per heavy atom. The SMILES string of the molecule is Cc1c(F)c(Cc2ccc(S(N)(=O)=O)cc2)n(C)c1C(=O)c1ccc(Cl)cc1. The molecule has 146 valence electrons. The smallest absolute Gasteiger partial charge is 0.238 e. The summed E-state index contributed by atoms with van der Waals surface area (Å²) in [5.41, 5.74) is 1.96. The second kappa shape index (κ2) is 7.50. The van der Waals surface area contributed by atoms with Crippen LogP contribution in [0.15, 0.2) is 53.4 Å². The van der Waals surface area contributed by atoms with Crippen LogP contribution in [0.2, 0.25) is 5.02 Å². The quantitative estimate of drug-likeness (QED) is 0.640. The van der Waals surface area contributed by atoms with Crippen LogP contribution < -0.4 is 5.14 Å². The molecule has 0 aliphatic carbocycles. The largest absolute Gasteiger partial charge is 0.342 e. The summed E-state index contributed by atoms with van der Waals surface area (Å²) in [5, 5.41) is 5.60. The zero-order chi connectivity index (χ0) is 20.6. The van der Waals surface area contributed by atoms with E-state index in [1.807, 2.05) is 0 Å². The number of aromatic nitrogens is 1. The van der Waals surface area contributed by atoms with E-state index in [1.54, 1.807) is 50.4 Å². The molecule has 2 aromatic carbocycles. The molecule has 0 saturated heterocycles. The fourth-order valence-corrected chi connectivity index (χ4v) is 3.74. The Morgan fingerprint density at radius 3 is 2.21 bits per heavy atom. The fourth-order valence-electron chi connectivity index (χ4n) is 3.10. The van der Waals surface area contributed by atoms with Crippen molar-refractivity contribution >= 4 is 27.4 Å². The van der Waals surface area contributed by atoms with E-state index in [0.29, 0.717) is 21.8 Å². The first-order chi connectivity index (χ1) is 13.1. The van der Waals surface area contributed by atoms with Crippen molar-refractivity contribution in [3.8, 4) is 0 Å². The first kappa shape index (κ1) is 20.3. The minimum absolute atomic E-state index is 0.0154. The third-order valence-electron chi connectivity index (χ3n) is 4.62. The molecule has 28 heavy (non-hydrogen) atoms. The molecule has 0 unspecified atom stereocenters. The Hall–Kier alpha value is -2.48. The van der Waals surface area contributed by atoms with E-state index < -0.39 is 15.8 Å². The summed E-state index contributed by atoms with van der Waals surface area (Å²) in [4.78, 5) is 12.8. The van der Waals surface area contributed by atoms with Crippen LogP contribution in [0.4, 0.5) is 4.39 Å². The van der Waals surface area contributed by atoms with Crippen molar-refractivity contribution in [1.29, 1.82) is 0 Å². The van der Waals surface area contributed by atoms with E-state index in [9.17, 15) is 17.6 Å². The second-order valence-electron chi connectivity index (χ2n) is 6.50. The minimum Gasteiger partial charge on any atom is -0.342 e. The lowest BCUT2D eigenvalue weighted by Crippen LogP contribution is -2.12. The Balaban J connectivity index is 1.96. The van der Waals surface area contributed by atoms with Gasteiger partial charge in [-0.05, 0) is 48.9 Å². The molecule has 0 spiro atoms. The number of benzene rings is 2. The normalized spacial score (nSPS) is 11.6. The van der Waals surface area contributed by atoms with E-state index >= 15 is 0 Å². The predicted molar refractivity (Wildman–Crippen MR) is 106 cm³/mol. The van der Waals surface area contributed by atoms with Crippen LogP contribution in [0.5, 0.6) is 0 Å². The maximum Gasteiger partial charge on any atom is 0.238 e. The van der Waals surface area contributed by atoms with Crippen molar-refractivity contribution in [2.24, 2.45) is 12.2 Å². The van der Waals surface area contributed by atoms with Crippen LogP contribution >= 0.6 is 11.6 Å². The van der Waals surface area contributed by atoms with Gasteiger partial charge in [-0.1, -0.05) is 23.7 Å². The topological polar surface area (TPSA) is 82.2 Å². The molecular formula is C20H18ClFN2O3S. The molecule has 1 aromatic heterocycles. The maximum absolute atomic E-state index is 14.9. The van der Waals surface area contributed by atoms with Crippen LogP contribution in [-0.4, -0.2) is 18.8 Å². The predicted octanol–water partition coefficient (Wildman–Crippen LogP) is 3.60. The second-order valence-corrected chi connectivity index (χ2v) is 8.49. The van der Waals surface area contributed by atoms with Crippen LogP contribution in [0, 0.1) is 12.7 Å². The highest BCUT2D eigenvalue weighted by atomic mass is 35.5. The first-order valence-electron chi connectivity index (χ1n) is 8.35. The van der Waals surface area contributed by atoms with Crippen molar-refractivity contribution in [3.63, 3.8) is 0 Å². The molecule has 2 N–H and O–H groups in total. The number of carbonyl (C=O) groups is 1. The number of rotatable bonds is 5. The number of nitrogens with zero attached hydrogens (tertiary/aromatic N) is 1. The van der Waals surface area contributed by atoms with Crippen molar-refractivity contribution in [1.82, 2.24) is 4.57 Å². The van der Waals surface area contributed by atoms with Gasteiger partial charge in [-0.15, -0.1) is 0 Å². The fraction of sp³-hybridized carbons (Fsp3) is 0.150. The van der Waals surface area contributed by atoms with Gasteiger partial charge in [0, 0.05) is 29.6 Å². The number of nitrogens with two attached hydrogens (primary N) is 1. The lowest BCUT2D eigenvalue weighted by Gasteiger charge is -2.08. The molecule has 0 aliphatic heterocycles. The van der Waals surface area contributed by atoms with Gasteiger partial charge in [-0.3, -0.25) is 4.79 Å². The Kier molecular flexibility index (Phi) is 5.43. The molecule has 0 aliphatic rings. The molecule has 0 atom stereocenters. The van der Waals surface area contributed by atoms with Gasteiger partial charge in [-0.25, -0.2) is 17.9 Å². The van der Waals surface area contributed by atoms with Gasteiger partial charge in [-0.2, -0.15) is 0 Å². The van der Waals surface area contributed by atoms with Gasteiger partial charge in [0.1, 0.15) is 5.82 Å². The highest BCUT2D eigenvalue weighted by Gasteiger charge is 2.24. The minimum atomic E-state index is -3.79. The number of ketones is 1. The van der Waals surface area contributed by atoms with Crippen molar-refractivity contribution in [2.75, 3.05) is 0 Å². The highest BCUT2D eigenvalue weighted by molar-refractivity contribution is 7.89. The summed E-state index contributed by atoms with van der Waals surface area (Å²) in [6, 6.07) is 12.3. The molecule has 0 fully saturated rings. The number of carbonyl (C=O) groups excluding carboxylic acids is 1. The molecule has 3 rings (SSSR count). The Morgan fingerprint density at radius 2 is 1.68 bits per heavy atom. The molecule has 0 saturated carbocycles. The number of hydrogen-bond acceptors (Lipinski definition) is 3. The third kappa shape index (κ3) is 3.87. The molecule has 0 bridgehead atoms. The molecule has 5 nitrogen and oxygen atoms in total. The van der Waals surface area contributed by atoms with Gasteiger partial charge < -0.3 is 4.57 Å². The first-order valence-corrected chi connectivity index (χ1v) is 10.3. The lowest BCUT2D eigenvalue weighted by molar-refractivity contribution is 0.103. The average Bonchev–Trinajstić information content (AvgIpc) is 2.85. The van der Waals surface area contributed by atoms with Crippen LogP contribution in [0.25, 0.3) is 0 Å². The van der Waals surface area contributed by atoms with Crippen molar-refractivity contribution < 1.29 is 17.6 Å². The molecule has 3 aromatic rings. The van der Waals surface area contributed by atoms with Crippen LogP contribution in [-0.2, 0) is 23.5 Å². The molecule has 8 heteroatoms. The van der Waals surface area contributed by atoms with E-state index in [1.165, 1.54) is 16.7 Å². The monoisotopic (exact) mass is 420 g/mol. The van der Waals surface area contributed by atoms with Gasteiger partial charge >= 0.3 is 0 Å². The summed E-state index contributed by atoms with van der Waals surface area (Å²) in [7, 11) is -2.16. The van der Waals surface area contributed by atoms with Gasteiger partial charge in [0.2, 0.25) is 15.8 Å². The summed E-state index contributed by atoms with van der Waals surface area (Å²) in [6.07, 6.45) is 0.196. The van der Waals surface area contributed by atoms with E-state index in [4.69, 9.17) is 16.7 Å². The number of sulfonamides is 1. The molecule has 1 heterocycles. The van der Waals surface area contributed by atoms with Gasteiger partial charge in [0.15, 0.2) is 0 Å². The Bertz CT molecular complexity index is 1150. The molecule has 0 amide bonds. The average molecular weight is 421 g/mol. The van der Waals surface area contributed by atoms with Crippen LogP contribution in [0.3, 0.4) is 0 Å². The molecule has 0 radical (unpaired) electrons. The summed E-state index contributed by atoms with van der Waals surface area (Å²) in [6.45, 7) is 1.56. The number of hydrogen-bond donors (Lipinski definition) is 1. The maximum atomic E-state index is 14.9. The Labute approximate surface area is 167 Å². The summed E-state index contributed by atoms with van der Waals surface area (Å²) < 4.78 is 39.1. The van der Waals surface area contributed by atoms with E-state index in [0.717, 1.165) is 0 Å². The van der Waals surface area contributed by atoms with Gasteiger partial charge in [0.25, 0.3) is 0 Å². The van der Waals surface area contributed by atoms with Crippen molar-refractivity contribution in [2.45, 2.75) is 18.2 Å². The third-order valence-corrected chi connectivity index (χ3v) is 5.80. The zero-order valence-corrected chi connectivity index (χ0v) is 16.8. The summed E-state index contributed by atoms with van der Waals surface area (Å²) >= 11 is 5.86. The zero-order valence-electron chi connectivity index (χ0n) is 15.2. The number of halogens is 2. The van der Waals surface area contributed by atoms with E-state index in [2.05, 4.69) is 0 Å². The van der Waals surface area contributed by atoms with E-state index in [-0.39, 0.29) is 28.4 Å². The van der Waals surface area contributed by atoms with Crippen LogP contribution in [0.1, 0.15) is 32.9 Å². The molecular weight excluding hydrogens is 403 g/mol. The van der Waals surface area contributed by atoms with Gasteiger partial charge in [0.05, 0.1) is 16.3 Å². The lowest BCUT2D eigenvalue weighted by atomic mass is 10.1. The number of primary sulfonamides is 1. The van der Waals surface area contributed by atoms with Crippen molar-refractivity contribution in [3.05, 3.63) is 87.4 Å².